The third kappa shape index (κ3) is 9.22. The normalized spacial score (nSPS) is 31.0. The van der Waals surface area contributed by atoms with Crippen molar-refractivity contribution in [2.24, 2.45) is 5.11 Å². The molecule has 0 saturated carbocycles. The minimum atomic E-state index is -2.05. The van der Waals surface area contributed by atoms with Crippen LogP contribution in [0, 0.1) is 23.3 Å². The first-order chi connectivity index (χ1) is 22.4. The number of nitrogens with zero attached hydrogens (tertiary/aromatic N) is 3. The zero-order valence-electron chi connectivity index (χ0n) is 24.3. The number of halogens is 4. The number of carbonyl (C=O) groups excluding carboxylic acids is 1. The Balaban J connectivity index is 1.35. The number of benzene rings is 1. The molecule has 4 unspecified atom stereocenters. The van der Waals surface area contributed by atoms with Crippen LogP contribution in [-0.4, -0.2) is 156 Å². The van der Waals surface area contributed by atoms with Crippen LogP contribution in [0.5, 0.6) is 0 Å². The molecule has 0 aliphatic carbocycles. The Hall–Kier alpha value is -2.80. The van der Waals surface area contributed by atoms with Crippen LogP contribution in [0.3, 0.4) is 0 Å². The van der Waals surface area contributed by atoms with Gasteiger partial charge in [0.15, 0.2) is 35.8 Å². The summed E-state index contributed by atoms with van der Waals surface area (Å²) in [7, 11) is 0. The van der Waals surface area contributed by atoms with E-state index in [1.807, 2.05) is 5.32 Å². The van der Waals surface area contributed by atoms with E-state index in [4.69, 9.17) is 34.0 Å². The van der Waals surface area contributed by atoms with Crippen molar-refractivity contribution < 1.29 is 86.5 Å². The number of ether oxygens (including phenoxy) is 6. The van der Waals surface area contributed by atoms with E-state index in [1.54, 1.807) is 0 Å². The van der Waals surface area contributed by atoms with E-state index in [2.05, 4.69) is 10.0 Å². The van der Waals surface area contributed by atoms with Crippen molar-refractivity contribution in [3.8, 4) is 0 Å². The summed E-state index contributed by atoms with van der Waals surface area (Å²) in [6.07, 6.45) is -16.0. The van der Waals surface area contributed by atoms with Gasteiger partial charge in [-0.2, -0.15) is 0 Å². The van der Waals surface area contributed by atoms with Gasteiger partial charge in [0.2, 0.25) is 0 Å². The van der Waals surface area contributed by atoms with Gasteiger partial charge < -0.3 is 69.5 Å². The molecule has 2 aliphatic rings. The highest BCUT2D eigenvalue weighted by molar-refractivity contribution is 5.95. The zero-order valence-corrected chi connectivity index (χ0v) is 24.3. The summed E-state index contributed by atoms with van der Waals surface area (Å²) in [6, 6.07) is 0. The van der Waals surface area contributed by atoms with E-state index in [9.17, 15) is 58.1 Å². The zero-order chi connectivity index (χ0) is 34.8. The van der Waals surface area contributed by atoms with Crippen molar-refractivity contribution in [1.29, 1.82) is 0 Å². The van der Waals surface area contributed by atoms with Gasteiger partial charge in [0.1, 0.15) is 60.1 Å². The van der Waals surface area contributed by atoms with Gasteiger partial charge in [0.05, 0.1) is 46.2 Å². The maximum absolute atomic E-state index is 14.0. The molecule has 2 fully saturated rings. The van der Waals surface area contributed by atoms with E-state index in [1.165, 1.54) is 0 Å². The number of aliphatic hydroxyl groups is 7. The Labute approximate surface area is 262 Å². The molecule has 8 N–H and O–H groups in total. The molecule has 22 heteroatoms. The van der Waals surface area contributed by atoms with Gasteiger partial charge in [0, 0.05) is 11.5 Å². The summed E-state index contributed by atoms with van der Waals surface area (Å²) in [5.41, 5.74) is 5.15. The lowest BCUT2D eigenvalue weighted by atomic mass is 9.97. The van der Waals surface area contributed by atoms with Gasteiger partial charge in [-0.1, -0.05) is 5.11 Å². The molecule has 3 rings (SSSR count). The van der Waals surface area contributed by atoms with Crippen molar-refractivity contribution >= 4 is 11.6 Å². The van der Waals surface area contributed by atoms with Crippen LogP contribution in [0.4, 0.5) is 23.2 Å². The molecule has 2 aliphatic heterocycles. The Morgan fingerprint density at radius 2 is 1.32 bits per heavy atom. The molecule has 0 radical (unpaired) electrons. The highest BCUT2D eigenvalue weighted by atomic mass is 19.2. The molecular weight excluding hydrogens is 656 g/mol. The topological polar surface area (TPSA) is 275 Å². The second kappa shape index (κ2) is 18.1. The molecule has 1 aromatic carbocycles. The lowest BCUT2D eigenvalue weighted by Crippen LogP contribution is -2.64. The van der Waals surface area contributed by atoms with E-state index in [0.29, 0.717) is 0 Å². The third-order valence-corrected chi connectivity index (χ3v) is 6.99. The number of hydrogen-bond acceptors (Lipinski definition) is 15. The summed E-state index contributed by atoms with van der Waals surface area (Å²) in [6.45, 7) is -2.36. The monoisotopic (exact) mass is 690 g/mol. The molecule has 2 saturated heterocycles. The molecule has 47 heavy (non-hydrogen) atoms. The fourth-order valence-corrected chi connectivity index (χ4v) is 4.52. The van der Waals surface area contributed by atoms with Gasteiger partial charge in [-0.05, 0) is 5.53 Å². The Kier molecular flexibility index (Phi) is 14.9. The summed E-state index contributed by atoms with van der Waals surface area (Å²) in [5.74, 6) is -9.66. The van der Waals surface area contributed by atoms with E-state index in [-0.39, 0.29) is 39.6 Å². The number of carbonyl (C=O) groups is 1. The number of azide groups is 1. The highest BCUT2D eigenvalue weighted by Crippen LogP contribution is 2.31. The van der Waals surface area contributed by atoms with Gasteiger partial charge in [-0.15, -0.1) is 0 Å². The first-order valence-electron chi connectivity index (χ1n) is 13.9. The predicted octanol–water partition coefficient (Wildman–Crippen LogP) is -2.41. The summed E-state index contributed by atoms with van der Waals surface area (Å²) in [4.78, 5) is 14.1. The standard InChI is InChI=1S/C25H34F4N4O14/c26-12-11(13(27)15(29)16(14(12)28)32-33-30)23(41)31-1-2-42-3-4-43-5-6-44-24-21(40)19(38)22(10(8-35)46-24)47-25-20(39)18(37)17(36)9(7-34)45-25/h9-10,17-22,24-25,34-40H,1-8H2,(H,31,41)/t9?,10?,17-,18-,19+,20?,21?,22-,24+,25-/m0/s1. The number of aliphatic hydroxyl groups excluding tert-OH is 7. The van der Waals surface area contributed by atoms with Crippen molar-refractivity contribution in [3.63, 3.8) is 0 Å². The quantitative estimate of drug-likeness (QED) is 0.0224. The maximum Gasteiger partial charge on any atom is 0.257 e. The van der Waals surface area contributed by atoms with Gasteiger partial charge in [0.25, 0.3) is 5.91 Å². The van der Waals surface area contributed by atoms with E-state index in [0.717, 1.165) is 0 Å². The summed E-state index contributed by atoms with van der Waals surface area (Å²) < 4.78 is 87.7. The second-order valence-corrected chi connectivity index (χ2v) is 10.0. The molecule has 0 bridgehead atoms. The molecule has 10 atom stereocenters. The fraction of sp³-hybridized carbons (Fsp3) is 0.720. The first-order valence-corrected chi connectivity index (χ1v) is 13.9. The number of hydrogen-bond donors (Lipinski definition) is 8. The van der Waals surface area contributed by atoms with Crippen LogP contribution in [-0.2, 0) is 28.4 Å². The summed E-state index contributed by atoms with van der Waals surface area (Å²) >= 11 is 0. The molecule has 0 spiro atoms. The number of nitrogens with one attached hydrogen (secondary N) is 1. The average Bonchev–Trinajstić information content (AvgIpc) is 3.06. The SMILES string of the molecule is [N-]=[N+]=Nc1c(F)c(F)c(C(=O)NCCOCCOCCO[C@@H]2OC(CO)[C@H](O[C@@H]3OC(CO)[C@H](O)[C@H](O)C3O)[C@H](O)C2O)c(F)c1F. The van der Waals surface area contributed by atoms with Crippen LogP contribution in [0.15, 0.2) is 5.11 Å². The van der Waals surface area contributed by atoms with E-state index < -0.39 is 115 Å². The number of rotatable bonds is 16. The van der Waals surface area contributed by atoms with E-state index >= 15 is 0 Å². The van der Waals surface area contributed by atoms with Crippen LogP contribution in [0.2, 0.25) is 0 Å². The van der Waals surface area contributed by atoms with Crippen molar-refractivity contribution in [2.75, 3.05) is 52.8 Å². The largest absolute Gasteiger partial charge is 0.394 e. The molecule has 2 heterocycles. The highest BCUT2D eigenvalue weighted by Gasteiger charge is 2.50. The Morgan fingerprint density at radius 3 is 1.91 bits per heavy atom. The van der Waals surface area contributed by atoms with Crippen molar-refractivity contribution in [1.82, 2.24) is 5.32 Å². The van der Waals surface area contributed by atoms with Crippen LogP contribution in [0.25, 0.3) is 10.4 Å². The van der Waals surface area contributed by atoms with Gasteiger partial charge >= 0.3 is 0 Å². The van der Waals surface area contributed by atoms with Crippen LogP contribution >= 0.6 is 0 Å². The van der Waals surface area contributed by atoms with Crippen LogP contribution in [0.1, 0.15) is 10.4 Å². The number of amides is 1. The molecule has 0 aromatic heterocycles. The average molecular weight is 691 g/mol. The van der Waals surface area contributed by atoms with Gasteiger partial charge in [-0.25, -0.2) is 17.6 Å². The Bertz CT molecular complexity index is 1220. The molecule has 266 valence electrons. The lowest BCUT2D eigenvalue weighted by molar-refractivity contribution is -0.359. The van der Waals surface area contributed by atoms with Crippen molar-refractivity contribution in [3.05, 3.63) is 39.3 Å². The fourth-order valence-electron chi connectivity index (χ4n) is 4.52. The lowest BCUT2D eigenvalue weighted by Gasteiger charge is -2.45. The second-order valence-electron chi connectivity index (χ2n) is 10.0. The predicted molar refractivity (Wildman–Crippen MR) is 141 cm³/mol. The minimum Gasteiger partial charge on any atom is -0.394 e. The smallest absolute Gasteiger partial charge is 0.257 e. The summed E-state index contributed by atoms with van der Waals surface area (Å²) in [5, 5.41) is 74.6. The molecular formula is C25H34F4N4O14. The van der Waals surface area contributed by atoms with Crippen LogP contribution < -0.4 is 5.32 Å². The first kappa shape index (κ1) is 38.6. The molecule has 1 amide bonds. The molecule has 18 nitrogen and oxygen atoms in total. The Morgan fingerprint density at radius 1 is 0.766 bits per heavy atom. The van der Waals surface area contributed by atoms with Gasteiger partial charge in [-0.3, -0.25) is 4.79 Å². The minimum absolute atomic E-state index is 0.0250. The van der Waals surface area contributed by atoms with Crippen molar-refractivity contribution in [2.45, 2.75) is 61.4 Å². The maximum atomic E-state index is 14.0. The molecule has 1 aromatic rings. The third-order valence-electron chi connectivity index (χ3n) is 6.99.